The van der Waals surface area contributed by atoms with E-state index in [0.29, 0.717) is 5.56 Å². The molecule has 100 valence electrons. The lowest BCUT2D eigenvalue weighted by molar-refractivity contribution is -0.117. The fourth-order valence-electron chi connectivity index (χ4n) is 2.02. The average Bonchev–Trinajstić information content (AvgIpc) is 2.73. The smallest absolute Gasteiger partial charge is 0.246 e. The van der Waals surface area contributed by atoms with E-state index in [0.717, 1.165) is 16.8 Å². The Morgan fingerprint density at radius 3 is 2.47 bits per heavy atom. The summed E-state index contributed by atoms with van der Waals surface area (Å²) in [7, 11) is 1.79. The second-order valence-corrected chi connectivity index (χ2v) is 4.79. The fraction of sp³-hybridized carbons (Fsp3) is 0.286. The predicted molar refractivity (Wildman–Crippen MR) is 74.7 cm³/mol. The Kier molecular flexibility index (Phi) is 3.66. The van der Waals surface area contributed by atoms with E-state index in [4.69, 9.17) is 5.73 Å². The van der Waals surface area contributed by atoms with E-state index < -0.39 is 6.04 Å². The molecule has 1 atom stereocenters. The van der Waals surface area contributed by atoms with Crippen LogP contribution in [0.15, 0.2) is 30.6 Å². The number of hydrogen-bond acceptors (Lipinski definition) is 3. The first-order valence-electron chi connectivity index (χ1n) is 6.09. The zero-order valence-corrected chi connectivity index (χ0v) is 11.3. The van der Waals surface area contributed by atoms with Crippen LogP contribution in [0, 0.1) is 13.8 Å². The van der Waals surface area contributed by atoms with Gasteiger partial charge in [0.25, 0.3) is 0 Å². The summed E-state index contributed by atoms with van der Waals surface area (Å²) in [6.07, 6.45) is 3.34. The topological polar surface area (TPSA) is 72.9 Å². The van der Waals surface area contributed by atoms with Gasteiger partial charge in [-0.15, -0.1) is 0 Å². The van der Waals surface area contributed by atoms with Crippen molar-refractivity contribution in [3.8, 4) is 0 Å². The van der Waals surface area contributed by atoms with Gasteiger partial charge in [-0.3, -0.25) is 9.48 Å². The van der Waals surface area contributed by atoms with Gasteiger partial charge in [0.1, 0.15) is 6.04 Å². The third-order valence-corrected chi connectivity index (χ3v) is 2.86. The minimum absolute atomic E-state index is 0.238. The van der Waals surface area contributed by atoms with Crippen molar-refractivity contribution in [1.29, 1.82) is 0 Å². The maximum absolute atomic E-state index is 12.1. The first-order valence-corrected chi connectivity index (χ1v) is 6.09. The Bertz CT molecular complexity index is 583. The normalized spacial score (nSPS) is 12.2. The van der Waals surface area contributed by atoms with E-state index in [1.807, 2.05) is 26.0 Å². The summed E-state index contributed by atoms with van der Waals surface area (Å²) >= 11 is 0. The van der Waals surface area contributed by atoms with Crippen LogP contribution in [-0.2, 0) is 11.8 Å². The molecule has 0 saturated carbocycles. The van der Waals surface area contributed by atoms with Gasteiger partial charge < -0.3 is 11.1 Å². The molecule has 1 aromatic heterocycles. The largest absolute Gasteiger partial charge is 0.324 e. The Labute approximate surface area is 112 Å². The van der Waals surface area contributed by atoms with E-state index in [2.05, 4.69) is 16.5 Å². The molecule has 3 N–H and O–H groups in total. The first kappa shape index (κ1) is 13.3. The molecule has 0 bridgehead atoms. The number of amides is 1. The van der Waals surface area contributed by atoms with Crippen LogP contribution >= 0.6 is 0 Å². The molecule has 2 aromatic rings. The molecule has 0 saturated heterocycles. The number of nitrogens with zero attached hydrogens (tertiary/aromatic N) is 2. The van der Waals surface area contributed by atoms with Crippen LogP contribution in [0.3, 0.4) is 0 Å². The van der Waals surface area contributed by atoms with E-state index in [1.54, 1.807) is 24.1 Å². The molecule has 5 nitrogen and oxygen atoms in total. The molecule has 1 aromatic carbocycles. The molecule has 1 amide bonds. The van der Waals surface area contributed by atoms with Crippen LogP contribution in [0.5, 0.6) is 0 Å². The summed E-state index contributed by atoms with van der Waals surface area (Å²) in [5.74, 6) is -0.238. The Balaban J connectivity index is 2.12. The van der Waals surface area contributed by atoms with Crippen LogP contribution < -0.4 is 11.1 Å². The number of nitrogens with one attached hydrogen (secondary N) is 1. The van der Waals surface area contributed by atoms with Crippen molar-refractivity contribution in [2.45, 2.75) is 19.9 Å². The quantitative estimate of drug-likeness (QED) is 0.879. The van der Waals surface area contributed by atoms with Gasteiger partial charge in [0, 0.05) is 24.5 Å². The number of rotatable bonds is 3. The highest BCUT2D eigenvalue weighted by molar-refractivity contribution is 5.95. The zero-order chi connectivity index (χ0) is 14.0. The molecule has 2 rings (SSSR count). The lowest BCUT2D eigenvalue weighted by Gasteiger charge is -2.11. The van der Waals surface area contributed by atoms with Gasteiger partial charge in [0.15, 0.2) is 0 Å². The van der Waals surface area contributed by atoms with Crippen LogP contribution in [0.25, 0.3) is 0 Å². The van der Waals surface area contributed by atoms with Crippen molar-refractivity contribution in [2.75, 3.05) is 5.32 Å². The monoisotopic (exact) mass is 258 g/mol. The molecular formula is C14H18N4O. The SMILES string of the molecule is Cc1cc(C)cc(NC(=O)C(N)c2cnn(C)c2)c1. The van der Waals surface area contributed by atoms with Crippen LogP contribution in [0.2, 0.25) is 0 Å². The molecule has 5 heteroatoms. The highest BCUT2D eigenvalue weighted by Crippen LogP contribution is 2.16. The van der Waals surface area contributed by atoms with Crippen molar-refractivity contribution in [2.24, 2.45) is 12.8 Å². The molecule has 0 radical (unpaired) electrons. The number of anilines is 1. The maximum Gasteiger partial charge on any atom is 0.246 e. The maximum atomic E-state index is 12.1. The second-order valence-electron chi connectivity index (χ2n) is 4.79. The van der Waals surface area contributed by atoms with Gasteiger partial charge in [-0.25, -0.2) is 0 Å². The lowest BCUT2D eigenvalue weighted by atomic mass is 10.1. The molecule has 0 aliphatic heterocycles. The third kappa shape index (κ3) is 3.20. The second kappa shape index (κ2) is 5.24. The number of aromatic nitrogens is 2. The van der Waals surface area contributed by atoms with Crippen LogP contribution in [0.1, 0.15) is 22.7 Å². The number of aryl methyl sites for hydroxylation is 3. The number of nitrogens with two attached hydrogens (primary N) is 1. The number of benzene rings is 1. The van der Waals surface area contributed by atoms with Gasteiger partial charge >= 0.3 is 0 Å². The van der Waals surface area contributed by atoms with E-state index >= 15 is 0 Å². The van der Waals surface area contributed by atoms with Crippen LogP contribution in [-0.4, -0.2) is 15.7 Å². The van der Waals surface area contributed by atoms with Crippen molar-refractivity contribution >= 4 is 11.6 Å². The molecule has 0 aliphatic rings. The Morgan fingerprint density at radius 2 is 1.95 bits per heavy atom. The van der Waals surface area contributed by atoms with E-state index in [9.17, 15) is 4.79 Å². The molecule has 19 heavy (non-hydrogen) atoms. The van der Waals surface area contributed by atoms with E-state index in [-0.39, 0.29) is 5.91 Å². The van der Waals surface area contributed by atoms with Crippen molar-refractivity contribution in [1.82, 2.24) is 9.78 Å². The van der Waals surface area contributed by atoms with Gasteiger partial charge in [0.2, 0.25) is 5.91 Å². The molecule has 1 unspecified atom stereocenters. The van der Waals surface area contributed by atoms with Gasteiger partial charge in [0.05, 0.1) is 6.20 Å². The predicted octanol–water partition coefficient (Wildman–Crippen LogP) is 1.68. The Morgan fingerprint density at radius 1 is 1.32 bits per heavy atom. The highest BCUT2D eigenvalue weighted by atomic mass is 16.2. The minimum atomic E-state index is -0.713. The molecule has 1 heterocycles. The number of carbonyl (C=O) groups is 1. The molecule has 0 spiro atoms. The summed E-state index contributed by atoms with van der Waals surface area (Å²) < 4.78 is 1.62. The Hall–Kier alpha value is -2.14. The lowest BCUT2D eigenvalue weighted by Crippen LogP contribution is -2.27. The summed E-state index contributed by atoms with van der Waals surface area (Å²) in [6, 6.07) is 5.17. The average molecular weight is 258 g/mol. The highest BCUT2D eigenvalue weighted by Gasteiger charge is 2.17. The molecular weight excluding hydrogens is 240 g/mol. The van der Waals surface area contributed by atoms with Gasteiger partial charge in [-0.05, 0) is 37.1 Å². The molecule has 0 fully saturated rings. The minimum Gasteiger partial charge on any atom is -0.324 e. The summed E-state index contributed by atoms with van der Waals surface area (Å²) in [5.41, 5.74) is 9.58. The standard InChI is InChI=1S/C14H18N4O/c1-9-4-10(2)6-12(5-9)17-14(19)13(15)11-7-16-18(3)8-11/h4-8,13H,15H2,1-3H3,(H,17,19). The number of carbonyl (C=O) groups excluding carboxylic acids is 1. The number of hydrogen-bond donors (Lipinski definition) is 2. The van der Waals surface area contributed by atoms with Gasteiger partial charge in [-0.1, -0.05) is 6.07 Å². The third-order valence-electron chi connectivity index (χ3n) is 2.86. The first-order chi connectivity index (χ1) is 8.95. The molecule has 0 aliphatic carbocycles. The van der Waals surface area contributed by atoms with Crippen molar-refractivity contribution in [3.05, 3.63) is 47.3 Å². The van der Waals surface area contributed by atoms with Crippen LogP contribution in [0.4, 0.5) is 5.69 Å². The fourth-order valence-corrected chi connectivity index (χ4v) is 2.02. The van der Waals surface area contributed by atoms with Crippen molar-refractivity contribution in [3.63, 3.8) is 0 Å². The van der Waals surface area contributed by atoms with E-state index in [1.165, 1.54) is 0 Å². The zero-order valence-electron chi connectivity index (χ0n) is 11.3. The summed E-state index contributed by atoms with van der Waals surface area (Å²) in [5, 5.41) is 6.84. The summed E-state index contributed by atoms with van der Waals surface area (Å²) in [6.45, 7) is 3.98. The summed E-state index contributed by atoms with van der Waals surface area (Å²) in [4.78, 5) is 12.1. The van der Waals surface area contributed by atoms with Gasteiger partial charge in [-0.2, -0.15) is 5.10 Å². The van der Waals surface area contributed by atoms with Crippen molar-refractivity contribution < 1.29 is 4.79 Å².